The summed E-state index contributed by atoms with van der Waals surface area (Å²) < 4.78 is 16.1. The van der Waals surface area contributed by atoms with Crippen molar-refractivity contribution < 1.29 is 9.18 Å². The predicted molar refractivity (Wildman–Crippen MR) is 129 cm³/mol. The molecule has 1 atom stereocenters. The number of carbonyl (C=O) groups is 1. The van der Waals surface area contributed by atoms with Crippen molar-refractivity contribution in [3.05, 3.63) is 59.7 Å². The fraction of sp³-hybridized carbons (Fsp3) is 0.360. The lowest BCUT2D eigenvalue weighted by Gasteiger charge is -2.22. The molecule has 2 N–H and O–H groups in total. The van der Waals surface area contributed by atoms with Crippen molar-refractivity contribution in [1.82, 2.24) is 24.7 Å². The molecule has 1 saturated carbocycles. The minimum Gasteiger partial charge on any atom is -0.369 e. The molecule has 1 amide bonds. The highest BCUT2D eigenvalue weighted by Crippen LogP contribution is 2.32. The Morgan fingerprint density at radius 3 is 2.79 bits per heavy atom. The van der Waals surface area contributed by atoms with Crippen LogP contribution < -0.4 is 15.5 Å². The van der Waals surface area contributed by atoms with Gasteiger partial charge in [0.2, 0.25) is 0 Å². The molecule has 1 aliphatic carbocycles. The second-order valence-electron chi connectivity index (χ2n) is 9.33. The summed E-state index contributed by atoms with van der Waals surface area (Å²) in [6.07, 6.45) is 8.81. The van der Waals surface area contributed by atoms with Crippen molar-refractivity contribution in [3.8, 4) is 0 Å². The lowest BCUT2D eigenvalue weighted by Crippen LogP contribution is -2.34. The number of halogens is 1. The van der Waals surface area contributed by atoms with E-state index in [-0.39, 0.29) is 11.6 Å². The lowest BCUT2D eigenvalue weighted by molar-refractivity contribution is 0.102. The van der Waals surface area contributed by atoms with Crippen LogP contribution in [0.2, 0.25) is 0 Å². The van der Waals surface area contributed by atoms with Crippen LogP contribution in [0.25, 0.3) is 16.6 Å². The smallest absolute Gasteiger partial charge is 0.257 e. The van der Waals surface area contributed by atoms with Crippen molar-refractivity contribution in [1.29, 1.82) is 0 Å². The molecule has 1 unspecified atom stereocenters. The van der Waals surface area contributed by atoms with Crippen LogP contribution in [-0.4, -0.2) is 50.4 Å². The summed E-state index contributed by atoms with van der Waals surface area (Å²) in [5, 5.41) is 7.38. The fourth-order valence-corrected chi connectivity index (χ4v) is 4.80. The Morgan fingerprint density at radius 1 is 1.12 bits per heavy atom. The number of hydrogen-bond acceptors (Lipinski definition) is 6. The minimum absolute atomic E-state index is 0.230. The number of aryl methyl sites for hydroxylation is 2. The zero-order valence-electron chi connectivity index (χ0n) is 19.2. The molecule has 0 radical (unpaired) electrons. The second kappa shape index (κ2) is 8.02. The number of amides is 1. The van der Waals surface area contributed by atoms with Crippen LogP contribution in [0, 0.1) is 19.7 Å². The van der Waals surface area contributed by atoms with Crippen molar-refractivity contribution in [2.24, 2.45) is 0 Å². The van der Waals surface area contributed by atoms with Crippen molar-refractivity contribution >= 4 is 33.8 Å². The Labute approximate surface area is 196 Å². The van der Waals surface area contributed by atoms with Gasteiger partial charge >= 0.3 is 0 Å². The van der Waals surface area contributed by atoms with Crippen LogP contribution in [0.3, 0.4) is 0 Å². The predicted octanol–water partition coefficient (Wildman–Crippen LogP) is 3.62. The number of carbonyl (C=O) groups excluding carboxylic acids is 1. The van der Waals surface area contributed by atoms with Crippen LogP contribution in [0.5, 0.6) is 0 Å². The first-order valence-corrected chi connectivity index (χ1v) is 11.7. The molecule has 1 aliphatic heterocycles. The molecule has 2 aliphatic rings. The maximum Gasteiger partial charge on any atom is 0.257 e. The van der Waals surface area contributed by atoms with Gasteiger partial charge in [-0.2, -0.15) is 0 Å². The van der Waals surface area contributed by atoms with Gasteiger partial charge in [-0.05, 0) is 45.2 Å². The van der Waals surface area contributed by atoms with E-state index in [0.717, 1.165) is 30.6 Å². The third-order valence-electron chi connectivity index (χ3n) is 6.56. The summed E-state index contributed by atoms with van der Waals surface area (Å²) >= 11 is 0. The standard InChI is InChI=1S/C25H26FN7O/c1-14-11-33-13-18(9-21(26)24(33)28-14)31-25(34)19-5-6-22(20-10-27-15(2)29-23(19)20)32-8-7-17(12-32)30-16-3-4-16/h5-6,9-11,13,16-17,30H,3-4,7-8,12H2,1-2H3,(H,31,34). The van der Waals surface area contributed by atoms with E-state index in [9.17, 15) is 9.18 Å². The van der Waals surface area contributed by atoms with Crippen LogP contribution in [0.15, 0.2) is 36.8 Å². The Bertz CT molecular complexity index is 1430. The van der Waals surface area contributed by atoms with Crippen molar-refractivity contribution in [2.75, 3.05) is 23.3 Å². The number of pyridine rings is 1. The Kier molecular flexibility index (Phi) is 4.95. The summed E-state index contributed by atoms with van der Waals surface area (Å²) in [6, 6.07) is 6.21. The van der Waals surface area contributed by atoms with Gasteiger partial charge in [0.1, 0.15) is 5.82 Å². The van der Waals surface area contributed by atoms with Gasteiger partial charge in [0, 0.05) is 60.9 Å². The molecule has 4 aromatic rings. The van der Waals surface area contributed by atoms with E-state index in [4.69, 9.17) is 0 Å². The number of nitrogens with zero attached hydrogens (tertiary/aromatic N) is 5. The molecule has 6 rings (SSSR count). The molecular formula is C25H26FN7O. The van der Waals surface area contributed by atoms with Gasteiger partial charge in [0.15, 0.2) is 11.5 Å². The number of aromatic nitrogens is 4. The van der Waals surface area contributed by atoms with E-state index >= 15 is 0 Å². The molecule has 0 spiro atoms. The third kappa shape index (κ3) is 3.86. The second-order valence-corrected chi connectivity index (χ2v) is 9.33. The molecular weight excluding hydrogens is 433 g/mol. The molecule has 8 nitrogen and oxygen atoms in total. The van der Waals surface area contributed by atoms with Crippen LogP contribution in [0.1, 0.15) is 41.1 Å². The quantitative estimate of drug-likeness (QED) is 0.474. The van der Waals surface area contributed by atoms with Crippen molar-refractivity contribution in [3.63, 3.8) is 0 Å². The largest absolute Gasteiger partial charge is 0.369 e. The van der Waals surface area contributed by atoms with Gasteiger partial charge < -0.3 is 19.9 Å². The number of rotatable bonds is 5. The molecule has 3 aromatic heterocycles. The van der Waals surface area contributed by atoms with Crippen molar-refractivity contribution in [2.45, 2.75) is 45.2 Å². The van der Waals surface area contributed by atoms with Gasteiger partial charge in [-0.3, -0.25) is 4.79 Å². The van der Waals surface area contributed by atoms with Gasteiger partial charge in [0.05, 0.1) is 22.5 Å². The Morgan fingerprint density at radius 2 is 1.97 bits per heavy atom. The molecule has 1 saturated heterocycles. The maximum atomic E-state index is 14.5. The van der Waals surface area contributed by atoms with E-state index in [1.54, 1.807) is 36.0 Å². The first kappa shape index (κ1) is 21.0. The monoisotopic (exact) mass is 459 g/mol. The summed E-state index contributed by atoms with van der Waals surface area (Å²) in [6.45, 7) is 5.48. The molecule has 2 fully saturated rings. The first-order chi connectivity index (χ1) is 16.4. The SMILES string of the molecule is Cc1cn2cc(NC(=O)c3ccc(N4CCC(NC5CC5)C4)c4cnc(C)nc34)cc(F)c2n1. The summed E-state index contributed by atoms with van der Waals surface area (Å²) in [5.41, 5.74) is 3.35. The molecule has 1 aromatic carbocycles. The highest BCUT2D eigenvalue weighted by atomic mass is 19.1. The van der Waals surface area contributed by atoms with Gasteiger partial charge in [-0.15, -0.1) is 0 Å². The third-order valence-corrected chi connectivity index (χ3v) is 6.56. The summed E-state index contributed by atoms with van der Waals surface area (Å²) in [5.74, 6) is -0.248. The van der Waals surface area contributed by atoms with Gasteiger partial charge in [-0.1, -0.05) is 0 Å². The molecule has 0 bridgehead atoms. The number of hydrogen-bond donors (Lipinski definition) is 2. The van der Waals surface area contributed by atoms with E-state index in [0.29, 0.717) is 40.4 Å². The minimum atomic E-state index is -0.493. The lowest BCUT2D eigenvalue weighted by atomic mass is 10.1. The van der Waals surface area contributed by atoms with Gasteiger partial charge in [0.25, 0.3) is 5.91 Å². The highest BCUT2D eigenvalue weighted by Gasteiger charge is 2.30. The molecule has 174 valence electrons. The number of fused-ring (bicyclic) bond motifs is 2. The van der Waals surface area contributed by atoms with E-state index < -0.39 is 5.82 Å². The number of nitrogens with one attached hydrogen (secondary N) is 2. The number of benzene rings is 1. The molecule has 4 heterocycles. The molecule has 34 heavy (non-hydrogen) atoms. The fourth-order valence-electron chi connectivity index (χ4n) is 4.80. The number of imidazole rings is 1. The zero-order valence-corrected chi connectivity index (χ0v) is 19.2. The average Bonchev–Trinajstić information content (AvgIpc) is 3.34. The summed E-state index contributed by atoms with van der Waals surface area (Å²) in [7, 11) is 0. The van der Waals surface area contributed by atoms with Gasteiger partial charge in [-0.25, -0.2) is 19.3 Å². The van der Waals surface area contributed by atoms with E-state index in [1.165, 1.54) is 18.9 Å². The van der Waals surface area contributed by atoms with E-state index in [1.807, 2.05) is 13.0 Å². The topological polar surface area (TPSA) is 87.5 Å². The normalized spacial score (nSPS) is 18.2. The highest BCUT2D eigenvalue weighted by molar-refractivity contribution is 6.13. The maximum absolute atomic E-state index is 14.5. The Hall–Kier alpha value is -3.59. The average molecular weight is 460 g/mol. The molecule has 9 heteroatoms. The summed E-state index contributed by atoms with van der Waals surface area (Å²) in [4.78, 5) is 28.8. The Balaban J connectivity index is 1.32. The van der Waals surface area contributed by atoms with Crippen LogP contribution >= 0.6 is 0 Å². The van der Waals surface area contributed by atoms with Crippen LogP contribution in [-0.2, 0) is 0 Å². The zero-order chi connectivity index (χ0) is 23.4. The number of anilines is 2. The first-order valence-electron chi connectivity index (χ1n) is 11.7. The van der Waals surface area contributed by atoms with Crippen LogP contribution in [0.4, 0.5) is 15.8 Å². The van der Waals surface area contributed by atoms with E-state index in [2.05, 4.69) is 30.5 Å².